The van der Waals surface area contributed by atoms with Crippen LogP contribution in [-0.2, 0) is 11.2 Å². The molecule has 1 aromatic heterocycles. The molecule has 1 amide bonds. The SMILES string of the molecule is CCCCCCCCCCc1ccc(-c2noc([C@H]3CN(C(=O)O)CCO3)n2)cc1. The second-order valence-electron chi connectivity index (χ2n) is 7.97. The van der Waals surface area contributed by atoms with Crippen molar-refractivity contribution in [3.8, 4) is 11.4 Å². The van der Waals surface area contributed by atoms with Crippen molar-refractivity contribution in [2.75, 3.05) is 19.7 Å². The van der Waals surface area contributed by atoms with E-state index in [2.05, 4.69) is 29.2 Å². The van der Waals surface area contributed by atoms with Crippen molar-refractivity contribution < 1.29 is 19.2 Å². The smallest absolute Gasteiger partial charge is 0.407 e. The van der Waals surface area contributed by atoms with Gasteiger partial charge < -0.3 is 19.3 Å². The van der Waals surface area contributed by atoms with Gasteiger partial charge >= 0.3 is 6.09 Å². The fourth-order valence-electron chi connectivity index (χ4n) is 3.74. The molecule has 1 aliphatic rings. The Bertz CT molecular complexity index is 775. The molecule has 1 atom stereocenters. The summed E-state index contributed by atoms with van der Waals surface area (Å²) in [4.78, 5) is 16.9. The summed E-state index contributed by atoms with van der Waals surface area (Å²) in [5, 5.41) is 13.2. The Balaban J connectivity index is 1.44. The van der Waals surface area contributed by atoms with Crippen LogP contribution in [0.15, 0.2) is 28.8 Å². The number of aromatic nitrogens is 2. The Morgan fingerprint density at radius 3 is 2.50 bits per heavy atom. The molecule has 3 rings (SSSR count). The van der Waals surface area contributed by atoms with E-state index in [1.165, 1.54) is 61.8 Å². The van der Waals surface area contributed by atoms with Gasteiger partial charge in [-0.05, 0) is 18.4 Å². The van der Waals surface area contributed by atoms with Crippen LogP contribution in [0.2, 0.25) is 0 Å². The molecular weight excluding hydrogens is 382 g/mol. The molecule has 1 fully saturated rings. The van der Waals surface area contributed by atoms with E-state index < -0.39 is 12.2 Å². The summed E-state index contributed by atoms with van der Waals surface area (Å²) >= 11 is 0. The van der Waals surface area contributed by atoms with Gasteiger partial charge in [-0.15, -0.1) is 0 Å². The van der Waals surface area contributed by atoms with Gasteiger partial charge in [-0.2, -0.15) is 4.98 Å². The Hall–Kier alpha value is -2.41. The Labute approximate surface area is 178 Å². The van der Waals surface area contributed by atoms with Crippen molar-refractivity contribution in [3.05, 3.63) is 35.7 Å². The fraction of sp³-hybridized carbons (Fsp3) is 0.609. The minimum Gasteiger partial charge on any atom is -0.465 e. The lowest BCUT2D eigenvalue weighted by molar-refractivity contribution is -0.0377. The maximum absolute atomic E-state index is 11.2. The number of unbranched alkanes of at least 4 members (excludes halogenated alkanes) is 7. The molecule has 0 aliphatic carbocycles. The molecule has 1 N–H and O–H groups in total. The molecule has 0 unspecified atom stereocenters. The van der Waals surface area contributed by atoms with E-state index in [1.807, 2.05) is 12.1 Å². The first-order valence-corrected chi connectivity index (χ1v) is 11.2. The van der Waals surface area contributed by atoms with Gasteiger partial charge in [0.05, 0.1) is 13.2 Å². The van der Waals surface area contributed by atoms with Crippen LogP contribution < -0.4 is 0 Å². The van der Waals surface area contributed by atoms with Crippen molar-refractivity contribution in [3.63, 3.8) is 0 Å². The average Bonchev–Trinajstić information content (AvgIpc) is 3.26. The van der Waals surface area contributed by atoms with Crippen LogP contribution in [0.25, 0.3) is 11.4 Å². The number of carboxylic acid groups (broad SMARTS) is 1. The van der Waals surface area contributed by atoms with E-state index in [0.29, 0.717) is 24.9 Å². The van der Waals surface area contributed by atoms with Crippen LogP contribution in [0.3, 0.4) is 0 Å². The quantitative estimate of drug-likeness (QED) is 0.490. The normalized spacial score (nSPS) is 16.7. The number of aryl methyl sites for hydroxylation is 1. The fourth-order valence-corrected chi connectivity index (χ4v) is 3.74. The van der Waals surface area contributed by atoms with E-state index in [1.54, 1.807) is 0 Å². The third-order valence-electron chi connectivity index (χ3n) is 5.59. The summed E-state index contributed by atoms with van der Waals surface area (Å²) < 4.78 is 10.9. The number of rotatable bonds is 11. The first kappa shape index (κ1) is 22.3. The van der Waals surface area contributed by atoms with E-state index in [0.717, 1.165) is 12.0 Å². The molecule has 30 heavy (non-hydrogen) atoms. The van der Waals surface area contributed by atoms with Gasteiger partial charge in [0.15, 0.2) is 6.10 Å². The molecule has 1 aliphatic heterocycles. The highest BCUT2D eigenvalue weighted by Crippen LogP contribution is 2.24. The summed E-state index contributed by atoms with van der Waals surface area (Å²) in [5.41, 5.74) is 2.21. The number of benzene rings is 1. The zero-order valence-electron chi connectivity index (χ0n) is 17.9. The lowest BCUT2D eigenvalue weighted by Gasteiger charge is -2.28. The summed E-state index contributed by atoms with van der Waals surface area (Å²) in [7, 11) is 0. The first-order valence-electron chi connectivity index (χ1n) is 11.2. The molecule has 1 aromatic carbocycles. The number of nitrogens with zero attached hydrogens (tertiary/aromatic N) is 3. The lowest BCUT2D eigenvalue weighted by atomic mass is 10.0. The highest BCUT2D eigenvalue weighted by Gasteiger charge is 2.29. The molecule has 0 saturated carbocycles. The third kappa shape index (κ3) is 6.55. The number of carbonyl (C=O) groups is 1. The Kier molecular flexibility index (Phi) is 8.68. The maximum atomic E-state index is 11.2. The molecule has 164 valence electrons. The highest BCUT2D eigenvalue weighted by molar-refractivity contribution is 5.65. The molecule has 0 bridgehead atoms. The average molecular weight is 416 g/mol. The number of amides is 1. The zero-order valence-corrected chi connectivity index (χ0v) is 17.9. The minimum absolute atomic E-state index is 0.203. The summed E-state index contributed by atoms with van der Waals surface area (Å²) in [5.74, 6) is 0.818. The number of morpholine rings is 1. The number of hydrogen-bond acceptors (Lipinski definition) is 5. The largest absolute Gasteiger partial charge is 0.465 e. The second-order valence-corrected chi connectivity index (χ2v) is 7.97. The Morgan fingerprint density at radius 1 is 1.10 bits per heavy atom. The summed E-state index contributed by atoms with van der Waals surface area (Å²) in [6.45, 7) is 3.13. The lowest BCUT2D eigenvalue weighted by Crippen LogP contribution is -2.41. The molecule has 2 aromatic rings. The molecule has 7 heteroatoms. The van der Waals surface area contributed by atoms with Gasteiger partial charge in [0, 0.05) is 12.1 Å². The monoisotopic (exact) mass is 415 g/mol. The van der Waals surface area contributed by atoms with Crippen LogP contribution in [0.4, 0.5) is 4.79 Å². The van der Waals surface area contributed by atoms with Crippen LogP contribution in [0.5, 0.6) is 0 Å². The zero-order chi connectivity index (χ0) is 21.2. The van der Waals surface area contributed by atoms with E-state index >= 15 is 0 Å². The van der Waals surface area contributed by atoms with Crippen molar-refractivity contribution in [1.29, 1.82) is 0 Å². The number of hydrogen-bond donors (Lipinski definition) is 1. The van der Waals surface area contributed by atoms with Crippen molar-refractivity contribution >= 4 is 6.09 Å². The predicted molar refractivity (Wildman–Crippen MR) is 114 cm³/mol. The van der Waals surface area contributed by atoms with Crippen LogP contribution >= 0.6 is 0 Å². The van der Waals surface area contributed by atoms with Gasteiger partial charge in [-0.25, -0.2) is 4.79 Å². The molecule has 7 nitrogen and oxygen atoms in total. The van der Waals surface area contributed by atoms with E-state index in [4.69, 9.17) is 14.4 Å². The van der Waals surface area contributed by atoms with Crippen LogP contribution in [-0.4, -0.2) is 45.9 Å². The number of ether oxygens (including phenoxy) is 1. The Morgan fingerprint density at radius 2 is 1.80 bits per heavy atom. The van der Waals surface area contributed by atoms with Crippen molar-refractivity contribution in [2.45, 2.75) is 70.8 Å². The molecule has 2 heterocycles. The van der Waals surface area contributed by atoms with E-state index in [9.17, 15) is 4.79 Å². The molecule has 0 radical (unpaired) electrons. The van der Waals surface area contributed by atoms with Gasteiger partial charge in [0.1, 0.15) is 0 Å². The van der Waals surface area contributed by atoms with Crippen molar-refractivity contribution in [1.82, 2.24) is 15.0 Å². The third-order valence-corrected chi connectivity index (χ3v) is 5.59. The summed E-state index contributed by atoms with van der Waals surface area (Å²) in [6, 6.07) is 8.27. The first-order chi connectivity index (χ1) is 14.7. The molecule has 1 saturated heterocycles. The minimum atomic E-state index is -0.963. The summed E-state index contributed by atoms with van der Waals surface area (Å²) in [6.07, 6.45) is 10.2. The van der Waals surface area contributed by atoms with E-state index in [-0.39, 0.29) is 6.54 Å². The van der Waals surface area contributed by atoms with Gasteiger partial charge in [0.25, 0.3) is 5.89 Å². The van der Waals surface area contributed by atoms with Crippen LogP contribution in [0.1, 0.15) is 75.8 Å². The van der Waals surface area contributed by atoms with Gasteiger partial charge in [-0.1, -0.05) is 81.3 Å². The highest BCUT2D eigenvalue weighted by atomic mass is 16.5. The van der Waals surface area contributed by atoms with Crippen molar-refractivity contribution in [2.24, 2.45) is 0 Å². The topological polar surface area (TPSA) is 88.7 Å². The maximum Gasteiger partial charge on any atom is 0.407 e. The van der Waals surface area contributed by atoms with Gasteiger partial charge in [0.2, 0.25) is 5.82 Å². The van der Waals surface area contributed by atoms with Crippen LogP contribution in [0, 0.1) is 0 Å². The molecule has 0 spiro atoms. The van der Waals surface area contributed by atoms with Gasteiger partial charge in [-0.3, -0.25) is 0 Å². The standard InChI is InChI=1S/C23H33N3O4/c1-2-3-4-5-6-7-8-9-10-18-11-13-19(14-12-18)21-24-22(30-25-21)20-17-26(23(27)28)15-16-29-20/h11-14,20H,2-10,15-17H2,1H3,(H,27,28)/t20-/m1/s1. The second kappa shape index (κ2) is 11.7. The molecular formula is C23H33N3O4. The predicted octanol–water partition coefficient (Wildman–Crippen LogP) is 5.47.